The van der Waals surface area contributed by atoms with Crippen molar-refractivity contribution >= 4 is 22.9 Å². The minimum absolute atomic E-state index is 0.00949. The average Bonchev–Trinajstić information content (AvgIpc) is 3.54. The van der Waals surface area contributed by atoms with E-state index < -0.39 is 11.9 Å². The topological polar surface area (TPSA) is 106 Å². The van der Waals surface area contributed by atoms with Gasteiger partial charge in [0.2, 0.25) is 0 Å². The van der Waals surface area contributed by atoms with Gasteiger partial charge >= 0.3 is 5.97 Å². The molecule has 0 unspecified atom stereocenters. The number of aryl methyl sites for hydroxylation is 2. The third-order valence-electron chi connectivity index (χ3n) is 9.01. The molecular formula is C38H40N4O4. The first kappa shape index (κ1) is 31.3. The van der Waals surface area contributed by atoms with E-state index in [-0.39, 0.29) is 36.7 Å². The molecule has 3 atom stereocenters. The highest BCUT2D eigenvalue weighted by molar-refractivity contribution is 5.88. The summed E-state index contributed by atoms with van der Waals surface area (Å²) < 4.78 is 11.3. The number of hydrogen-bond donors (Lipinski definition) is 2. The molecule has 0 bridgehead atoms. The Labute approximate surface area is 269 Å². The van der Waals surface area contributed by atoms with Crippen LogP contribution in [-0.2, 0) is 31.9 Å². The maximum absolute atomic E-state index is 14.2. The summed E-state index contributed by atoms with van der Waals surface area (Å²) in [7, 11) is 1.37. The molecule has 0 spiro atoms. The Morgan fingerprint density at radius 3 is 2.24 bits per heavy atom. The molecule has 0 amide bonds. The Hall–Kier alpha value is -4.66. The van der Waals surface area contributed by atoms with Crippen molar-refractivity contribution in [3.8, 4) is 0 Å². The number of imidazole rings is 1. The zero-order chi connectivity index (χ0) is 31.9. The predicted octanol–water partition coefficient (Wildman–Crippen LogP) is 6.05. The number of esters is 1. The van der Waals surface area contributed by atoms with Gasteiger partial charge in [0.15, 0.2) is 5.65 Å². The molecule has 0 aliphatic carbocycles. The van der Waals surface area contributed by atoms with Gasteiger partial charge < -0.3 is 19.8 Å². The number of rotatable bonds is 12. The Morgan fingerprint density at radius 1 is 0.935 bits per heavy atom. The summed E-state index contributed by atoms with van der Waals surface area (Å²) in [4.78, 5) is 39.3. The van der Waals surface area contributed by atoms with Crippen LogP contribution in [0.3, 0.4) is 0 Å². The lowest BCUT2D eigenvalue weighted by molar-refractivity contribution is -0.144. The standard InChI is InChI=1S/C38H40N4O4/c1-25-19-20-39-38-36(25)41-37(42-38)32-24-46-30(23-40-32)18-17-26-11-9-10-16-29(26)21-33(43)31(22-34(44)45-2)35(27-12-5-3-6-13-27)28-14-7-4-8-15-28/h3-16,19-20,30-32,35,40H,17-18,21-24H2,1-2H3,(H,39,41,42)/t30-,31-,32+/m1/s1. The third kappa shape index (κ3) is 7.25. The van der Waals surface area contributed by atoms with E-state index in [4.69, 9.17) is 9.47 Å². The SMILES string of the molecule is COC(=O)C[C@H](C(=O)Cc1ccccc1CC[C@@H]1CN[C@H](c2nc3nccc(C)c3[nH]2)CO1)C(c1ccccc1)c1ccccc1. The van der Waals surface area contributed by atoms with Crippen LogP contribution in [0, 0.1) is 12.8 Å². The summed E-state index contributed by atoms with van der Waals surface area (Å²) in [5.74, 6) is -0.389. The molecule has 0 radical (unpaired) electrons. The lowest BCUT2D eigenvalue weighted by atomic mass is 9.75. The molecule has 46 heavy (non-hydrogen) atoms. The fraction of sp³-hybridized carbons (Fsp3) is 0.316. The second-order valence-corrected chi connectivity index (χ2v) is 12.0. The van der Waals surface area contributed by atoms with E-state index in [0.29, 0.717) is 13.2 Å². The van der Waals surface area contributed by atoms with E-state index in [0.717, 1.165) is 57.6 Å². The van der Waals surface area contributed by atoms with Gasteiger partial charge in [-0.15, -0.1) is 0 Å². The second-order valence-electron chi connectivity index (χ2n) is 12.0. The number of carbonyl (C=O) groups excluding carboxylic acids is 2. The summed E-state index contributed by atoms with van der Waals surface area (Å²) in [5.41, 5.74) is 6.89. The summed E-state index contributed by atoms with van der Waals surface area (Å²) in [6.07, 6.45) is 3.65. The van der Waals surface area contributed by atoms with Crippen molar-refractivity contribution in [2.75, 3.05) is 20.3 Å². The van der Waals surface area contributed by atoms with Gasteiger partial charge in [0.25, 0.3) is 0 Å². The monoisotopic (exact) mass is 616 g/mol. The van der Waals surface area contributed by atoms with Gasteiger partial charge in [-0.25, -0.2) is 9.97 Å². The maximum atomic E-state index is 14.2. The molecule has 236 valence electrons. The summed E-state index contributed by atoms with van der Waals surface area (Å²) in [6.45, 7) is 3.26. The van der Waals surface area contributed by atoms with E-state index in [1.54, 1.807) is 6.20 Å². The molecule has 2 N–H and O–H groups in total. The van der Waals surface area contributed by atoms with Crippen LogP contribution in [0.25, 0.3) is 11.2 Å². The van der Waals surface area contributed by atoms with Crippen molar-refractivity contribution in [2.24, 2.45) is 5.92 Å². The fourth-order valence-electron chi connectivity index (χ4n) is 6.47. The number of benzene rings is 3. The van der Waals surface area contributed by atoms with Gasteiger partial charge in [-0.3, -0.25) is 9.59 Å². The van der Waals surface area contributed by atoms with Crippen LogP contribution in [0.5, 0.6) is 0 Å². The zero-order valence-corrected chi connectivity index (χ0v) is 26.3. The van der Waals surface area contributed by atoms with Crippen LogP contribution in [0.4, 0.5) is 0 Å². The minimum atomic E-state index is -0.578. The van der Waals surface area contributed by atoms with E-state index in [9.17, 15) is 9.59 Å². The molecule has 8 heteroatoms. The van der Waals surface area contributed by atoms with Gasteiger partial charge in [-0.05, 0) is 53.6 Å². The number of ketones is 1. The number of pyridine rings is 1. The smallest absolute Gasteiger partial charge is 0.306 e. The molecule has 1 fully saturated rings. The summed E-state index contributed by atoms with van der Waals surface area (Å²) in [6, 6.07) is 30.0. The molecule has 5 aromatic rings. The normalized spacial score (nSPS) is 17.2. The molecule has 6 rings (SSSR count). The maximum Gasteiger partial charge on any atom is 0.306 e. The fourth-order valence-corrected chi connectivity index (χ4v) is 6.47. The molecular weight excluding hydrogens is 576 g/mol. The van der Waals surface area contributed by atoms with Crippen LogP contribution in [0.1, 0.15) is 58.4 Å². The van der Waals surface area contributed by atoms with Gasteiger partial charge in [-0.1, -0.05) is 84.9 Å². The van der Waals surface area contributed by atoms with Crippen molar-refractivity contribution in [3.05, 3.63) is 131 Å². The van der Waals surface area contributed by atoms with Crippen molar-refractivity contribution in [3.63, 3.8) is 0 Å². The number of aromatic amines is 1. The van der Waals surface area contributed by atoms with E-state index >= 15 is 0 Å². The number of H-pyrrole nitrogens is 1. The molecule has 3 aromatic carbocycles. The van der Waals surface area contributed by atoms with Crippen molar-refractivity contribution in [1.82, 2.24) is 20.3 Å². The number of Topliss-reactive ketones (excluding diaryl/α,β-unsaturated/α-hetero) is 1. The van der Waals surface area contributed by atoms with Crippen LogP contribution in [0.15, 0.2) is 97.2 Å². The number of aromatic nitrogens is 3. The number of morpholine rings is 1. The van der Waals surface area contributed by atoms with Gasteiger partial charge in [0.1, 0.15) is 11.6 Å². The molecule has 1 aliphatic rings. The number of nitrogens with zero attached hydrogens (tertiary/aromatic N) is 2. The lowest BCUT2D eigenvalue weighted by Crippen LogP contribution is -2.41. The Bertz CT molecular complexity index is 1720. The van der Waals surface area contributed by atoms with E-state index in [2.05, 4.69) is 26.3 Å². The second kappa shape index (κ2) is 14.6. The first-order valence-corrected chi connectivity index (χ1v) is 15.9. The first-order chi connectivity index (χ1) is 22.5. The Morgan fingerprint density at radius 2 is 1.61 bits per heavy atom. The lowest BCUT2D eigenvalue weighted by Gasteiger charge is -2.29. The number of nitrogens with one attached hydrogen (secondary N) is 2. The van der Waals surface area contributed by atoms with Crippen LogP contribution in [-0.4, -0.2) is 53.1 Å². The van der Waals surface area contributed by atoms with Crippen LogP contribution < -0.4 is 5.32 Å². The van der Waals surface area contributed by atoms with Crippen molar-refractivity contribution < 1.29 is 19.1 Å². The molecule has 2 aromatic heterocycles. The number of fused-ring (bicyclic) bond motifs is 1. The Balaban J connectivity index is 1.14. The third-order valence-corrected chi connectivity index (χ3v) is 9.01. The highest BCUT2D eigenvalue weighted by Gasteiger charge is 2.33. The van der Waals surface area contributed by atoms with Crippen molar-refractivity contribution in [1.29, 1.82) is 0 Å². The predicted molar refractivity (Wildman–Crippen MR) is 177 cm³/mol. The highest BCUT2D eigenvalue weighted by Crippen LogP contribution is 2.36. The molecule has 0 saturated carbocycles. The number of methoxy groups -OCH3 is 1. The Kier molecular flexibility index (Phi) is 9.96. The summed E-state index contributed by atoms with van der Waals surface area (Å²) >= 11 is 0. The molecule has 8 nitrogen and oxygen atoms in total. The minimum Gasteiger partial charge on any atom is -0.469 e. The molecule has 3 heterocycles. The van der Waals surface area contributed by atoms with Crippen LogP contribution >= 0.6 is 0 Å². The van der Waals surface area contributed by atoms with Crippen LogP contribution in [0.2, 0.25) is 0 Å². The first-order valence-electron chi connectivity index (χ1n) is 15.9. The number of hydrogen-bond acceptors (Lipinski definition) is 7. The summed E-state index contributed by atoms with van der Waals surface area (Å²) in [5, 5.41) is 3.59. The molecule has 1 saturated heterocycles. The quantitative estimate of drug-likeness (QED) is 0.164. The number of carbonyl (C=O) groups is 2. The average molecular weight is 617 g/mol. The van der Waals surface area contributed by atoms with Gasteiger partial charge in [-0.2, -0.15) is 0 Å². The zero-order valence-electron chi connectivity index (χ0n) is 26.3. The molecule has 1 aliphatic heterocycles. The van der Waals surface area contributed by atoms with Gasteiger partial charge in [0, 0.05) is 31.0 Å². The van der Waals surface area contributed by atoms with Gasteiger partial charge in [0.05, 0.1) is 37.8 Å². The van der Waals surface area contributed by atoms with E-state index in [1.807, 2.05) is 91.9 Å². The van der Waals surface area contributed by atoms with Crippen molar-refractivity contribution in [2.45, 2.75) is 50.7 Å². The largest absolute Gasteiger partial charge is 0.469 e. The number of ether oxygens (including phenoxy) is 2. The van der Waals surface area contributed by atoms with E-state index in [1.165, 1.54) is 7.11 Å². The highest BCUT2D eigenvalue weighted by atomic mass is 16.5.